The summed E-state index contributed by atoms with van der Waals surface area (Å²) in [5.41, 5.74) is 6.74. The Morgan fingerprint density at radius 3 is 2.79 bits per heavy atom. The van der Waals surface area contributed by atoms with Crippen molar-refractivity contribution in [3.05, 3.63) is 65.2 Å². The number of nitrogens with two attached hydrogens (primary N) is 1. The van der Waals surface area contributed by atoms with Crippen LogP contribution in [-0.2, 0) is 13.1 Å². The molecule has 0 unspecified atom stereocenters. The first-order chi connectivity index (χ1) is 9.16. The smallest absolute Gasteiger partial charge is 0.248 e. The van der Waals surface area contributed by atoms with Crippen molar-refractivity contribution < 1.29 is 9.18 Å². The highest BCUT2D eigenvalue weighted by Crippen LogP contribution is 2.10. The molecule has 1 amide bonds. The molecule has 0 aliphatic carbocycles. The molecule has 2 aromatic rings. The predicted octanol–water partition coefficient (Wildman–Crippen LogP) is 1.61. The zero-order valence-corrected chi connectivity index (χ0v) is 10.3. The van der Waals surface area contributed by atoms with E-state index in [0.717, 1.165) is 5.69 Å². The highest BCUT2D eigenvalue weighted by Gasteiger charge is 2.06. The maximum Gasteiger partial charge on any atom is 0.248 e. The number of pyridine rings is 1. The summed E-state index contributed by atoms with van der Waals surface area (Å²) >= 11 is 0. The molecule has 0 aliphatic heterocycles. The maximum absolute atomic E-state index is 13.6. The number of benzene rings is 1. The fourth-order valence-corrected chi connectivity index (χ4v) is 1.69. The molecule has 0 atom stereocenters. The van der Waals surface area contributed by atoms with E-state index in [1.165, 1.54) is 18.2 Å². The second-order valence-electron chi connectivity index (χ2n) is 4.10. The molecule has 0 saturated heterocycles. The van der Waals surface area contributed by atoms with E-state index in [0.29, 0.717) is 24.2 Å². The summed E-state index contributed by atoms with van der Waals surface area (Å²) < 4.78 is 13.6. The molecule has 0 spiro atoms. The average Bonchev–Trinajstić information content (AvgIpc) is 2.42. The third-order valence-electron chi connectivity index (χ3n) is 2.68. The number of halogens is 1. The van der Waals surface area contributed by atoms with Gasteiger partial charge in [-0.25, -0.2) is 4.39 Å². The summed E-state index contributed by atoms with van der Waals surface area (Å²) in [7, 11) is 0. The van der Waals surface area contributed by atoms with Gasteiger partial charge in [-0.15, -0.1) is 0 Å². The number of amides is 1. The van der Waals surface area contributed by atoms with Gasteiger partial charge in [-0.05, 0) is 30.3 Å². The molecule has 5 heteroatoms. The van der Waals surface area contributed by atoms with Gasteiger partial charge in [0.25, 0.3) is 0 Å². The molecule has 4 nitrogen and oxygen atoms in total. The third kappa shape index (κ3) is 3.59. The maximum atomic E-state index is 13.6. The van der Waals surface area contributed by atoms with Gasteiger partial charge >= 0.3 is 0 Å². The Hall–Kier alpha value is -2.27. The van der Waals surface area contributed by atoms with E-state index in [1.807, 2.05) is 18.2 Å². The number of nitrogens with one attached hydrogen (secondary N) is 1. The van der Waals surface area contributed by atoms with Gasteiger partial charge in [0.15, 0.2) is 0 Å². The summed E-state index contributed by atoms with van der Waals surface area (Å²) in [5.74, 6) is -0.926. The van der Waals surface area contributed by atoms with E-state index in [9.17, 15) is 9.18 Å². The second kappa shape index (κ2) is 6.06. The third-order valence-corrected chi connectivity index (χ3v) is 2.68. The number of primary amides is 1. The molecule has 0 radical (unpaired) electrons. The molecule has 0 fully saturated rings. The lowest BCUT2D eigenvalue weighted by Crippen LogP contribution is -2.16. The first-order valence-electron chi connectivity index (χ1n) is 5.85. The monoisotopic (exact) mass is 259 g/mol. The minimum absolute atomic E-state index is 0.302. The van der Waals surface area contributed by atoms with Crippen molar-refractivity contribution in [1.29, 1.82) is 0 Å². The second-order valence-corrected chi connectivity index (χ2v) is 4.10. The van der Waals surface area contributed by atoms with Gasteiger partial charge in [0.05, 0.1) is 5.69 Å². The first-order valence-corrected chi connectivity index (χ1v) is 5.85. The van der Waals surface area contributed by atoms with Crippen molar-refractivity contribution in [3.63, 3.8) is 0 Å². The normalized spacial score (nSPS) is 10.4. The van der Waals surface area contributed by atoms with E-state index < -0.39 is 5.91 Å². The van der Waals surface area contributed by atoms with Crippen LogP contribution in [0.1, 0.15) is 21.6 Å². The average molecular weight is 259 g/mol. The van der Waals surface area contributed by atoms with Crippen LogP contribution in [0.5, 0.6) is 0 Å². The summed E-state index contributed by atoms with van der Waals surface area (Å²) in [6.45, 7) is 0.838. The Balaban J connectivity index is 1.99. The lowest BCUT2D eigenvalue weighted by molar-refractivity contribution is 0.1000. The van der Waals surface area contributed by atoms with Crippen molar-refractivity contribution in [2.45, 2.75) is 13.1 Å². The van der Waals surface area contributed by atoms with Crippen LogP contribution in [-0.4, -0.2) is 10.9 Å². The minimum atomic E-state index is -0.564. The molecule has 1 aromatic heterocycles. The van der Waals surface area contributed by atoms with E-state index in [1.54, 1.807) is 6.20 Å². The van der Waals surface area contributed by atoms with Gasteiger partial charge in [-0.3, -0.25) is 9.78 Å². The largest absolute Gasteiger partial charge is 0.366 e. The molecule has 3 N–H and O–H groups in total. The lowest BCUT2D eigenvalue weighted by atomic mass is 10.1. The molecule has 0 aliphatic rings. The topological polar surface area (TPSA) is 68.0 Å². The highest BCUT2D eigenvalue weighted by molar-refractivity contribution is 5.92. The van der Waals surface area contributed by atoms with E-state index >= 15 is 0 Å². The summed E-state index contributed by atoms with van der Waals surface area (Å²) in [5, 5.41) is 3.07. The Bertz CT molecular complexity index is 572. The zero-order chi connectivity index (χ0) is 13.7. The molecule has 2 rings (SSSR count). The molecule has 0 saturated carbocycles. The van der Waals surface area contributed by atoms with Crippen LogP contribution in [0, 0.1) is 5.82 Å². The molecule has 0 bridgehead atoms. The van der Waals surface area contributed by atoms with Crippen LogP contribution < -0.4 is 11.1 Å². The summed E-state index contributed by atoms with van der Waals surface area (Å²) in [6.07, 6.45) is 1.70. The Morgan fingerprint density at radius 2 is 2.11 bits per heavy atom. The number of hydrogen-bond acceptors (Lipinski definition) is 3. The van der Waals surface area contributed by atoms with Crippen molar-refractivity contribution in [2.24, 2.45) is 5.73 Å². The fraction of sp³-hybridized carbons (Fsp3) is 0.143. The van der Waals surface area contributed by atoms with Crippen molar-refractivity contribution >= 4 is 5.91 Å². The molecule has 19 heavy (non-hydrogen) atoms. The van der Waals surface area contributed by atoms with E-state index in [2.05, 4.69) is 10.3 Å². The van der Waals surface area contributed by atoms with Crippen LogP contribution in [0.4, 0.5) is 4.39 Å². The summed E-state index contributed by atoms with van der Waals surface area (Å²) in [6, 6.07) is 9.68. The molecule has 1 heterocycles. The number of carbonyl (C=O) groups is 1. The predicted molar refractivity (Wildman–Crippen MR) is 69.7 cm³/mol. The molecular formula is C14H14FN3O. The highest BCUT2D eigenvalue weighted by atomic mass is 19.1. The quantitative estimate of drug-likeness (QED) is 0.857. The lowest BCUT2D eigenvalue weighted by Gasteiger charge is -2.07. The van der Waals surface area contributed by atoms with Gasteiger partial charge in [0.1, 0.15) is 5.82 Å². The van der Waals surface area contributed by atoms with Crippen molar-refractivity contribution in [1.82, 2.24) is 10.3 Å². The molecule has 98 valence electrons. The van der Waals surface area contributed by atoms with Crippen molar-refractivity contribution in [3.8, 4) is 0 Å². The number of carbonyl (C=O) groups excluding carboxylic acids is 1. The van der Waals surface area contributed by atoms with Crippen LogP contribution in [0.2, 0.25) is 0 Å². The van der Waals surface area contributed by atoms with Crippen LogP contribution in [0.25, 0.3) is 0 Å². The number of aromatic nitrogens is 1. The van der Waals surface area contributed by atoms with Crippen molar-refractivity contribution in [2.75, 3.05) is 0 Å². The molecule has 1 aromatic carbocycles. The van der Waals surface area contributed by atoms with Crippen LogP contribution >= 0.6 is 0 Å². The van der Waals surface area contributed by atoms with Gasteiger partial charge in [-0.1, -0.05) is 6.07 Å². The summed E-state index contributed by atoms with van der Waals surface area (Å²) in [4.78, 5) is 15.2. The van der Waals surface area contributed by atoms with Gasteiger partial charge < -0.3 is 11.1 Å². The minimum Gasteiger partial charge on any atom is -0.366 e. The number of hydrogen-bond donors (Lipinski definition) is 2. The molecular weight excluding hydrogens is 245 g/mol. The van der Waals surface area contributed by atoms with Crippen LogP contribution in [0.3, 0.4) is 0 Å². The standard InChI is InChI=1S/C14H14FN3O/c15-13-5-4-10(14(16)19)7-11(13)8-17-9-12-3-1-2-6-18-12/h1-7,17H,8-9H2,(H2,16,19). The fourth-order valence-electron chi connectivity index (χ4n) is 1.69. The Labute approximate surface area is 110 Å². The number of nitrogens with zero attached hydrogens (tertiary/aromatic N) is 1. The van der Waals surface area contributed by atoms with E-state index in [-0.39, 0.29) is 5.82 Å². The first kappa shape index (κ1) is 13.2. The van der Waals surface area contributed by atoms with Crippen LogP contribution in [0.15, 0.2) is 42.6 Å². The zero-order valence-electron chi connectivity index (χ0n) is 10.3. The number of rotatable bonds is 5. The van der Waals surface area contributed by atoms with Gasteiger partial charge in [0, 0.05) is 30.4 Å². The van der Waals surface area contributed by atoms with Gasteiger partial charge in [0.2, 0.25) is 5.91 Å². The Morgan fingerprint density at radius 1 is 1.26 bits per heavy atom. The Kier molecular flexibility index (Phi) is 4.20. The van der Waals surface area contributed by atoms with E-state index in [4.69, 9.17) is 5.73 Å². The SMILES string of the molecule is NC(=O)c1ccc(F)c(CNCc2ccccn2)c1. The van der Waals surface area contributed by atoms with Gasteiger partial charge in [-0.2, -0.15) is 0 Å².